The Morgan fingerprint density at radius 2 is 1.63 bits per heavy atom. The summed E-state index contributed by atoms with van der Waals surface area (Å²) in [6, 6.07) is -2.40. The summed E-state index contributed by atoms with van der Waals surface area (Å²) in [4.78, 5) is 43.2. The van der Waals surface area contributed by atoms with E-state index in [1.807, 2.05) is 0 Å². The number of carboxylic acids is 2. The molecule has 7 N–H and O–H groups in total. The van der Waals surface area contributed by atoms with Gasteiger partial charge in [-0.05, 0) is 12.8 Å². The highest BCUT2D eigenvalue weighted by Crippen LogP contribution is 2.00. The summed E-state index contributed by atoms with van der Waals surface area (Å²) in [5.74, 6) is -3.90. The van der Waals surface area contributed by atoms with E-state index >= 15 is 0 Å². The highest BCUT2D eigenvalue weighted by atomic mass is 16.4. The van der Waals surface area contributed by atoms with Gasteiger partial charge < -0.3 is 27.0 Å². The molecule has 0 bridgehead atoms. The van der Waals surface area contributed by atoms with E-state index in [-0.39, 0.29) is 19.3 Å². The van der Waals surface area contributed by atoms with Gasteiger partial charge in [-0.1, -0.05) is 0 Å². The topological polar surface area (TPSA) is 173 Å². The highest BCUT2D eigenvalue weighted by Gasteiger charge is 2.23. The van der Waals surface area contributed by atoms with Gasteiger partial charge in [0.15, 0.2) is 0 Å². The molecule has 0 heterocycles. The third kappa shape index (κ3) is 7.71. The van der Waals surface area contributed by atoms with E-state index in [4.69, 9.17) is 21.7 Å². The summed E-state index contributed by atoms with van der Waals surface area (Å²) in [6.45, 7) is 0. The van der Waals surface area contributed by atoms with Crippen LogP contribution in [0.5, 0.6) is 0 Å². The normalized spacial score (nSPS) is 13.3. The van der Waals surface area contributed by atoms with Crippen molar-refractivity contribution in [1.82, 2.24) is 5.32 Å². The number of rotatable bonds is 9. The van der Waals surface area contributed by atoms with E-state index in [1.165, 1.54) is 0 Å². The lowest BCUT2D eigenvalue weighted by Gasteiger charge is -2.16. The molecule has 0 aromatic heterocycles. The fourth-order valence-corrected chi connectivity index (χ4v) is 1.23. The van der Waals surface area contributed by atoms with Crippen molar-refractivity contribution in [2.75, 3.05) is 0 Å². The number of hydrogen-bond donors (Lipinski definition) is 5. The average Bonchev–Trinajstić information content (AvgIpc) is 2.30. The van der Waals surface area contributed by atoms with E-state index in [9.17, 15) is 19.2 Å². The molecule has 0 unspecified atom stereocenters. The van der Waals surface area contributed by atoms with Crippen LogP contribution in [-0.2, 0) is 19.2 Å². The van der Waals surface area contributed by atoms with Gasteiger partial charge in [0.25, 0.3) is 0 Å². The minimum atomic E-state index is -1.35. The Morgan fingerprint density at radius 1 is 1.05 bits per heavy atom. The van der Waals surface area contributed by atoms with Crippen LogP contribution in [0.1, 0.15) is 25.7 Å². The molecule has 0 aliphatic carbocycles. The lowest BCUT2D eigenvalue weighted by molar-refractivity contribution is -0.143. The van der Waals surface area contributed by atoms with Crippen molar-refractivity contribution in [3.8, 4) is 0 Å². The molecule has 2 amide bonds. The Bertz CT molecular complexity index is 370. The third-order valence-corrected chi connectivity index (χ3v) is 2.30. The SMILES string of the molecule is NC(=O)CC[C@H](N)C(=O)N[C@@H](CCC(=O)O)C(=O)O. The van der Waals surface area contributed by atoms with Crippen LogP contribution in [0.15, 0.2) is 0 Å². The zero-order chi connectivity index (χ0) is 15.0. The predicted octanol–water partition coefficient (Wildman–Crippen LogP) is -1.99. The average molecular weight is 275 g/mol. The molecular formula is C10H17N3O6. The minimum absolute atomic E-state index is 0.00750. The van der Waals surface area contributed by atoms with Crippen molar-refractivity contribution in [2.45, 2.75) is 37.8 Å². The zero-order valence-corrected chi connectivity index (χ0v) is 10.2. The predicted molar refractivity (Wildman–Crippen MR) is 62.8 cm³/mol. The molecule has 0 aliphatic rings. The fourth-order valence-electron chi connectivity index (χ4n) is 1.23. The number of hydrogen-bond acceptors (Lipinski definition) is 5. The molecule has 2 atom stereocenters. The zero-order valence-electron chi connectivity index (χ0n) is 10.2. The van der Waals surface area contributed by atoms with Gasteiger partial charge in [-0.2, -0.15) is 0 Å². The van der Waals surface area contributed by atoms with E-state index in [0.29, 0.717) is 0 Å². The number of aliphatic carboxylic acids is 2. The number of carbonyl (C=O) groups excluding carboxylic acids is 2. The van der Waals surface area contributed by atoms with Crippen LogP contribution in [0, 0.1) is 0 Å². The van der Waals surface area contributed by atoms with E-state index < -0.39 is 42.3 Å². The number of amides is 2. The van der Waals surface area contributed by atoms with Gasteiger partial charge in [-0.25, -0.2) is 4.79 Å². The Balaban J connectivity index is 4.33. The number of nitrogens with one attached hydrogen (secondary N) is 1. The van der Waals surface area contributed by atoms with Crippen molar-refractivity contribution in [3.05, 3.63) is 0 Å². The van der Waals surface area contributed by atoms with Gasteiger partial charge in [0, 0.05) is 12.8 Å². The lowest BCUT2D eigenvalue weighted by atomic mass is 10.1. The molecule has 19 heavy (non-hydrogen) atoms. The van der Waals surface area contributed by atoms with Crippen molar-refractivity contribution < 1.29 is 29.4 Å². The van der Waals surface area contributed by atoms with Gasteiger partial charge in [0.1, 0.15) is 6.04 Å². The maximum Gasteiger partial charge on any atom is 0.326 e. The van der Waals surface area contributed by atoms with E-state index in [1.54, 1.807) is 0 Å². The lowest BCUT2D eigenvalue weighted by Crippen LogP contribution is -2.48. The molecule has 0 aromatic rings. The number of carbonyl (C=O) groups is 4. The summed E-state index contributed by atoms with van der Waals surface area (Å²) in [7, 11) is 0. The molecule has 0 fully saturated rings. The first-order chi connectivity index (χ1) is 8.73. The molecule has 0 aliphatic heterocycles. The fraction of sp³-hybridized carbons (Fsp3) is 0.600. The minimum Gasteiger partial charge on any atom is -0.481 e. The number of nitrogens with two attached hydrogens (primary N) is 2. The van der Waals surface area contributed by atoms with Crippen LogP contribution in [-0.4, -0.2) is 46.0 Å². The second-order valence-corrected chi connectivity index (χ2v) is 3.94. The molecule has 0 aromatic carbocycles. The van der Waals surface area contributed by atoms with Gasteiger partial charge in [-0.3, -0.25) is 14.4 Å². The monoisotopic (exact) mass is 275 g/mol. The molecule has 0 saturated heterocycles. The summed E-state index contributed by atoms with van der Waals surface area (Å²) in [6.07, 6.45) is -0.749. The summed E-state index contributed by atoms with van der Waals surface area (Å²) in [5, 5.41) is 19.4. The van der Waals surface area contributed by atoms with E-state index in [0.717, 1.165) is 0 Å². The Morgan fingerprint density at radius 3 is 2.05 bits per heavy atom. The summed E-state index contributed by atoms with van der Waals surface area (Å²) >= 11 is 0. The van der Waals surface area contributed by atoms with Crippen molar-refractivity contribution >= 4 is 23.8 Å². The van der Waals surface area contributed by atoms with Crippen molar-refractivity contribution in [1.29, 1.82) is 0 Å². The van der Waals surface area contributed by atoms with Crippen LogP contribution >= 0.6 is 0 Å². The second-order valence-electron chi connectivity index (χ2n) is 3.94. The number of carboxylic acid groups (broad SMARTS) is 2. The van der Waals surface area contributed by atoms with Gasteiger partial charge >= 0.3 is 11.9 Å². The molecule has 0 spiro atoms. The first-order valence-electron chi connectivity index (χ1n) is 5.53. The quantitative estimate of drug-likeness (QED) is 0.324. The Labute approximate surface area is 108 Å². The molecule has 0 radical (unpaired) electrons. The molecule has 108 valence electrons. The second kappa shape index (κ2) is 8.03. The molecule has 9 nitrogen and oxygen atoms in total. The molecule has 0 rings (SSSR count). The Hall–Kier alpha value is -2.16. The Kier molecular flexibility index (Phi) is 7.12. The number of primary amides is 1. The van der Waals surface area contributed by atoms with Gasteiger partial charge in [-0.15, -0.1) is 0 Å². The van der Waals surface area contributed by atoms with Crippen molar-refractivity contribution in [2.24, 2.45) is 11.5 Å². The first-order valence-corrected chi connectivity index (χ1v) is 5.53. The van der Waals surface area contributed by atoms with Crippen LogP contribution in [0.2, 0.25) is 0 Å². The maximum atomic E-state index is 11.5. The van der Waals surface area contributed by atoms with Crippen molar-refractivity contribution in [3.63, 3.8) is 0 Å². The first kappa shape index (κ1) is 16.8. The highest BCUT2D eigenvalue weighted by molar-refractivity contribution is 5.87. The standard InChI is InChI=1S/C10H17N3O6/c11-5(1-3-7(12)14)9(17)13-6(10(18)19)2-4-8(15)16/h5-6H,1-4,11H2,(H2,12,14)(H,13,17)(H,15,16)(H,18,19)/t5-,6-/m0/s1. The van der Waals surface area contributed by atoms with Crippen LogP contribution in [0.3, 0.4) is 0 Å². The third-order valence-electron chi connectivity index (χ3n) is 2.30. The van der Waals surface area contributed by atoms with Gasteiger partial charge in [0.2, 0.25) is 11.8 Å². The van der Waals surface area contributed by atoms with Gasteiger partial charge in [0.05, 0.1) is 6.04 Å². The smallest absolute Gasteiger partial charge is 0.326 e. The maximum absolute atomic E-state index is 11.5. The van der Waals surface area contributed by atoms with E-state index in [2.05, 4.69) is 5.32 Å². The summed E-state index contributed by atoms with van der Waals surface area (Å²) < 4.78 is 0. The van der Waals surface area contributed by atoms with Crippen LogP contribution < -0.4 is 16.8 Å². The molecular weight excluding hydrogens is 258 g/mol. The van der Waals surface area contributed by atoms with Crippen LogP contribution in [0.4, 0.5) is 0 Å². The molecule has 0 saturated carbocycles. The molecule has 9 heteroatoms. The largest absolute Gasteiger partial charge is 0.481 e. The van der Waals surface area contributed by atoms with Crippen LogP contribution in [0.25, 0.3) is 0 Å². The summed E-state index contributed by atoms with van der Waals surface area (Å²) in [5.41, 5.74) is 10.3.